The average Bonchev–Trinajstić information content (AvgIpc) is 2.50. The van der Waals surface area contributed by atoms with Gasteiger partial charge in [0.2, 0.25) is 0 Å². The summed E-state index contributed by atoms with van der Waals surface area (Å²) in [5, 5.41) is 4.42. The Morgan fingerprint density at radius 2 is 2.00 bits per heavy atom. The number of unbranched alkanes of at least 4 members (excludes halogenated alkanes) is 3. The summed E-state index contributed by atoms with van der Waals surface area (Å²) in [6, 6.07) is 2.23. The van der Waals surface area contributed by atoms with Gasteiger partial charge >= 0.3 is 19.5 Å². The quantitative estimate of drug-likeness (QED) is 0.562. The van der Waals surface area contributed by atoms with Gasteiger partial charge in [-0.05, 0) is 35.2 Å². The fourth-order valence-electron chi connectivity index (χ4n) is 1.19. The Hall–Kier alpha value is 0.283. The minimum atomic E-state index is 0. The summed E-state index contributed by atoms with van der Waals surface area (Å²) >= 11 is 1.80. The molecule has 0 N–H and O–H groups in total. The van der Waals surface area contributed by atoms with E-state index in [2.05, 4.69) is 23.8 Å². The van der Waals surface area contributed by atoms with Gasteiger partial charge in [-0.2, -0.15) is 11.3 Å². The first-order valence-corrected chi connectivity index (χ1v) is 5.39. The van der Waals surface area contributed by atoms with Crippen molar-refractivity contribution >= 4 is 11.3 Å². The molecule has 0 saturated heterocycles. The smallest absolute Gasteiger partial charge is 2.00 e. The van der Waals surface area contributed by atoms with E-state index in [1.54, 1.807) is 11.3 Å². The van der Waals surface area contributed by atoms with Crippen molar-refractivity contribution in [1.29, 1.82) is 0 Å². The van der Waals surface area contributed by atoms with Crippen molar-refractivity contribution in [2.75, 3.05) is 0 Å². The van der Waals surface area contributed by atoms with Gasteiger partial charge in [-0.15, -0.1) is 0 Å². The molecular formula is C10H16OSZn. The van der Waals surface area contributed by atoms with Crippen LogP contribution in [-0.2, 0) is 31.4 Å². The van der Waals surface area contributed by atoms with Crippen LogP contribution in [0.4, 0.5) is 0 Å². The van der Waals surface area contributed by atoms with Crippen molar-refractivity contribution < 1.29 is 25.0 Å². The van der Waals surface area contributed by atoms with E-state index in [4.69, 9.17) is 0 Å². The van der Waals surface area contributed by atoms with Crippen LogP contribution < -0.4 is 0 Å². The summed E-state index contributed by atoms with van der Waals surface area (Å²) in [6.45, 7) is 2.25. The molecule has 70 valence electrons. The number of hydrogen-bond donors (Lipinski definition) is 0. The molecule has 0 bridgehead atoms. The van der Waals surface area contributed by atoms with Crippen LogP contribution in [0.15, 0.2) is 16.8 Å². The number of thiophene rings is 1. The second-order valence-corrected chi connectivity index (χ2v) is 3.72. The molecule has 0 aliphatic heterocycles. The Morgan fingerprint density at radius 1 is 1.23 bits per heavy atom. The van der Waals surface area contributed by atoms with Gasteiger partial charge in [0.05, 0.1) is 0 Å². The van der Waals surface area contributed by atoms with E-state index < -0.39 is 0 Å². The van der Waals surface area contributed by atoms with E-state index in [9.17, 15) is 0 Å². The second kappa shape index (κ2) is 10.4. The first-order valence-electron chi connectivity index (χ1n) is 4.44. The first-order chi connectivity index (χ1) is 5.43. The topological polar surface area (TPSA) is 28.5 Å². The van der Waals surface area contributed by atoms with Crippen molar-refractivity contribution in [3.8, 4) is 0 Å². The maximum Gasteiger partial charge on any atom is 2.00 e. The van der Waals surface area contributed by atoms with Gasteiger partial charge in [0.15, 0.2) is 0 Å². The van der Waals surface area contributed by atoms with Crippen LogP contribution in [0, 0.1) is 0 Å². The minimum absolute atomic E-state index is 0. The van der Waals surface area contributed by atoms with Crippen molar-refractivity contribution in [3.63, 3.8) is 0 Å². The van der Waals surface area contributed by atoms with Crippen LogP contribution in [0.25, 0.3) is 0 Å². The third-order valence-corrected chi connectivity index (χ3v) is 2.63. The maximum atomic E-state index is 2.26. The van der Waals surface area contributed by atoms with Gasteiger partial charge in [-0.25, -0.2) is 0 Å². The van der Waals surface area contributed by atoms with Crippen LogP contribution in [0.3, 0.4) is 0 Å². The van der Waals surface area contributed by atoms with E-state index in [1.165, 1.54) is 37.7 Å². The molecule has 1 rings (SSSR count). The van der Waals surface area contributed by atoms with Crippen molar-refractivity contribution in [3.05, 3.63) is 22.4 Å². The summed E-state index contributed by atoms with van der Waals surface area (Å²) in [5.74, 6) is 0. The number of rotatable bonds is 5. The Labute approximate surface area is 97.6 Å². The van der Waals surface area contributed by atoms with Crippen molar-refractivity contribution in [2.24, 2.45) is 0 Å². The molecule has 1 aromatic heterocycles. The fourth-order valence-corrected chi connectivity index (χ4v) is 1.89. The van der Waals surface area contributed by atoms with Crippen molar-refractivity contribution in [2.45, 2.75) is 39.0 Å². The molecule has 1 nitrogen and oxygen atoms in total. The molecule has 1 heterocycles. The zero-order valence-corrected chi connectivity index (χ0v) is 12.1. The van der Waals surface area contributed by atoms with E-state index in [1.807, 2.05) is 0 Å². The Kier molecular flexibility index (Phi) is 12.6. The molecular weight excluding hydrogens is 234 g/mol. The average molecular weight is 250 g/mol. The molecule has 0 aliphatic carbocycles. The molecule has 0 aromatic carbocycles. The molecule has 0 unspecified atom stereocenters. The van der Waals surface area contributed by atoms with E-state index in [-0.39, 0.29) is 25.0 Å². The van der Waals surface area contributed by atoms with E-state index >= 15 is 0 Å². The van der Waals surface area contributed by atoms with E-state index in [0.717, 1.165) is 0 Å². The summed E-state index contributed by atoms with van der Waals surface area (Å²) in [4.78, 5) is 0. The summed E-state index contributed by atoms with van der Waals surface area (Å²) in [7, 11) is 0. The summed E-state index contributed by atoms with van der Waals surface area (Å²) in [6.07, 6.45) is 6.77. The van der Waals surface area contributed by atoms with Crippen LogP contribution >= 0.6 is 11.3 Å². The molecule has 0 fully saturated rings. The SMILES string of the molecule is CCCCCCc1ccsc1.[O-2].[Zn+2]. The molecule has 3 heteroatoms. The minimum Gasteiger partial charge on any atom is -2.00 e. The summed E-state index contributed by atoms with van der Waals surface area (Å²) in [5.41, 5.74) is 1.52. The standard InChI is InChI=1S/C10H16S.O.Zn/c1-2-3-4-5-6-10-7-8-11-9-10;;/h7-9H,2-6H2,1H3;;/q;-2;+2. The largest absolute Gasteiger partial charge is 2.00 e. The predicted octanol–water partition coefficient (Wildman–Crippen LogP) is 3.75. The van der Waals surface area contributed by atoms with Crippen LogP contribution in [0.2, 0.25) is 0 Å². The fraction of sp³-hybridized carbons (Fsp3) is 0.600. The molecule has 13 heavy (non-hydrogen) atoms. The molecule has 1 aromatic rings. The van der Waals surface area contributed by atoms with Gasteiger partial charge < -0.3 is 5.48 Å². The van der Waals surface area contributed by atoms with Gasteiger partial charge in [0, 0.05) is 0 Å². The third-order valence-electron chi connectivity index (χ3n) is 1.90. The molecule has 0 aliphatic rings. The third kappa shape index (κ3) is 7.36. The van der Waals surface area contributed by atoms with Gasteiger partial charge in [-0.1, -0.05) is 26.2 Å². The van der Waals surface area contributed by atoms with Crippen LogP contribution in [0.1, 0.15) is 38.2 Å². The molecule has 0 spiro atoms. The number of hydrogen-bond acceptors (Lipinski definition) is 1. The Morgan fingerprint density at radius 3 is 2.54 bits per heavy atom. The normalized spacial score (nSPS) is 8.69. The van der Waals surface area contributed by atoms with Gasteiger partial charge in [-0.3, -0.25) is 0 Å². The number of aryl methyl sites for hydroxylation is 1. The molecule has 0 amide bonds. The zero-order chi connectivity index (χ0) is 7.94. The summed E-state index contributed by atoms with van der Waals surface area (Å²) < 4.78 is 0. The Balaban J connectivity index is 0. The predicted molar refractivity (Wildman–Crippen MR) is 52.9 cm³/mol. The maximum absolute atomic E-state index is 2.26. The van der Waals surface area contributed by atoms with Gasteiger partial charge in [0.1, 0.15) is 0 Å². The molecule has 0 saturated carbocycles. The van der Waals surface area contributed by atoms with Crippen LogP contribution in [-0.4, -0.2) is 0 Å². The second-order valence-electron chi connectivity index (χ2n) is 2.94. The molecule has 0 radical (unpaired) electrons. The van der Waals surface area contributed by atoms with Gasteiger partial charge in [0.25, 0.3) is 0 Å². The first kappa shape index (κ1) is 15.7. The van der Waals surface area contributed by atoms with E-state index in [0.29, 0.717) is 0 Å². The molecule has 0 atom stereocenters. The van der Waals surface area contributed by atoms with Crippen molar-refractivity contribution in [1.82, 2.24) is 0 Å². The zero-order valence-electron chi connectivity index (χ0n) is 8.29. The Bertz CT molecular complexity index is 175. The monoisotopic (exact) mass is 248 g/mol. The van der Waals surface area contributed by atoms with Crippen LogP contribution in [0.5, 0.6) is 0 Å².